The van der Waals surface area contributed by atoms with Crippen molar-refractivity contribution in [2.75, 3.05) is 24.7 Å². The molecule has 0 saturated carbocycles. The lowest BCUT2D eigenvalue weighted by Crippen LogP contribution is -2.47. The Morgan fingerprint density at radius 3 is 2.39 bits per heavy atom. The molecule has 0 aliphatic rings. The van der Waals surface area contributed by atoms with E-state index in [1.807, 2.05) is 19.9 Å². The van der Waals surface area contributed by atoms with Crippen LogP contribution in [-0.4, -0.2) is 43.7 Å². The number of urea groups is 1. The highest BCUT2D eigenvalue weighted by atomic mass is 19.1. The van der Waals surface area contributed by atoms with Crippen LogP contribution in [0.4, 0.5) is 14.9 Å². The third-order valence-corrected chi connectivity index (χ3v) is 5.08. The summed E-state index contributed by atoms with van der Waals surface area (Å²) in [5.74, 6) is -0.975. The molecular formula is C26H31FN4O5. The smallest absolute Gasteiger partial charge is 0.329 e. The number of carbonyl (C=O) groups is 3. The number of nitrogens with zero attached hydrogens (tertiary/aromatic N) is 2. The zero-order valence-electron chi connectivity index (χ0n) is 20.5. The van der Waals surface area contributed by atoms with Gasteiger partial charge in [-0.25, -0.2) is 14.0 Å². The van der Waals surface area contributed by atoms with Gasteiger partial charge in [0.15, 0.2) is 6.61 Å². The van der Waals surface area contributed by atoms with Gasteiger partial charge in [-0.05, 0) is 55.3 Å². The Labute approximate surface area is 210 Å². The molecule has 9 nitrogen and oxygen atoms in total. The van der Waals surface area contributed by atoms with E-state index in [1.54, 1.807) is 36.4 Å². The van der Waals surface area contributed by atoms with E-state index in [4.69, 9.17) is 14.7 Å². The lowest BCUT2D eigenvalue weighted by molar-refractivity contribution is -0.149. The number of nitriles is 1. The Bertz CT molecular complexity index is 1040. The van der Waals surface area contributed by atoms with Crippen LogP contribution in [0, 0.1) is 17.1 Å². The van der Waals surface area contributed by atoms with Crippen molar-refractivity contribution in [1.82, 2.24) is 10.6 Å². The van der Waals surface area contributed by atoms with Gasteiger partial charge in [-0.2, -0.15) is 5.26 Å². The van der Waals surface area contributed by atoms with E-state index >= 15 is 0 Å². The second-order valence-electron chi connectivity index (χ2n) is 7.78. The van der Waals surface area contributed by atoms with E-state index in [0.717, 1.165) is 0 Å². The van der Waals surface area contributed by atoms with Gasteiger partial charge in [-0.15, -0.1) is 0 Å². The average molecular weight is 499 g/mol. The summed E-state index contributed by atoms with van der Waals surface area (Å²) in [7, 11) is 0. The predicted molar refractivity (Wildman–Crippen MR) is 132 cm³/mol. The summed E-state index contributed by atoms with van der Waals surface area (Å²) in [4.78, 5) is 39.1. The van der Waals surface area contributed by atoms with Crippen molar-refractivity contribution in [3.8, 4) is 11.8 Å². The fourth-order valence-electron chi connectivity index (χ4n) is 3.29. The zero-order chi connectivity index (χ0) is 26.3. The van der Waals surface area contributed by atoms with E-state index in [-0.39, 0.29) is 25.3 Å². The van der Waals surface area contributed by atoms with Gasteiger partial charge in [0.2, 0.25) is 0 Å². The molecule has 0 aliphatic carbocycles. The van der Waals surface area contributed by atoms with Crippen LogP contribution in [0.1, 0.15) is 38.7 Å². The molecule has 0 fully saturated rings. The Hall–Kier alpha value is -4.13. The van der Waals surface area contributed by atoms with Gasteiger partial charge < -0.3 is 25.0 Å². The number of esters is 1. The Kier molecular flexibility index (Phi) is 11.7. The summed E-state index contributed by atoms with van der Waals surface area (Å²) in [5.41, 5.74) is 1.23. The van der Waals surface area contributed by atoms with E-state index in [1.165, 1.54) is 17.0 Å². The highest BCUT2D eigenvalue weighted by Gasteiger charge is 2.24. The first-order valence-electron chi connectivity index (χ1n) is 11.7. The molecule has 2 aromatic carbocycles. The number of nitrogens with one attached hydrogen (secondary N) is 2. The largest absolute Gasteiger partial charge is 0.494 e. The summed E-state index contributed by atoms with van der Waals surface area (Å²) in [6, 6.07) is 12.9. The first-order valence-corrected chi connectivity index (χ1v) is 11.7. The number of rotatable bonds is 13. The summed E-state index contributed by atoms with van der Waals surface area (Å²) in [6.45, 7) is 3.94. The number of ether oxygens (including phenoxy) is 2. The standard InChI is InChI=1S/C26H31FN4O5/c1-3-6-23(30-26(34)29-17-19-7-9-20(27)10-8-19)25(33)36-18-24(32)31(16-5-15-28)21-11-13-22(14-12-21)35-4-2/h7-14,23H,3-6,16-18H2,1-2H3,(H2,29,30,34). The zero-order valence-corrected chi connectivity index (χ0v) is 20.5. The third kappa shape index (κ3) is 9.25. The normalized spacial score (nSPS) is 11.1. The quantitative estimate of drug-likeness (QED) is 0.407. The van der Waals surface area contributed by atoms with Crippen molar-refractivity contribution in [2.24, 2.45) is 0 Å². The van der Waals surface area contributed by atoms with Crippen LogP contribution < -0.4 is 20.3 Å². The number of hydrogen-bond donors (Lipinski definition) is 2. The SMILES string of the molecule is CCCC(NC(=O)NCc1ccc(F)cc1)C(=O)OCC(=O)N(CCC#N)c1ccc(OCC)cc1. The van der Waals surface area contributed by atoms with Crippen molar-refractivity contribution in [2.45, 2.75) is 45.7 Å². The number of benzene rings is 2. The molecule has 1 unspecified atom stereocenters. The molecule has 10 heteroatoms. The molecule has 0 radical (unpaired) electrons. The number of carbonyl (C=O) groups excluding carboxylic acids is 3. The molecule has 0 spiro atoms. The van der Waals surface area contributed by atoms with Crippen LogP contribution in [0.2, 0.25) is 0 Å². The van der Waals surface area contributed by atoms with Crippen molar-refractivity contribution in [3.63, 3.8) is 0 Å². The van der Waals surface area contributed by atoms with E-state index in [0.29, 0.717) is 36.4 Å². The van der Waals surface area contributed by atoms with E-state index in [2.05, 4.69) is 10.6 Å². The van der Waals surface area contributed by atoms with Gasteiger partial charge >= 0.3 is 12.0 Å². The van der Waals surface area contributed by atoms with Crippen LogP contribution in [0.5, 0.6) is 5.75 Å². The third-order valence-electron chi connectivity index (χ3n) is 5.08. The second kappa shape index (κ2) is 15.0. The second-order valence-corrected chi connectivity index (χ2v) is 7.78. The molecule has 3 amide bonds. The molecular weight excluding hydrogens is 467 g/mol. The average Bonchev–Trinajstić information content (AvgIpc) is 2.88. The minimum absolute atomic E-state index is 0.0984. The topological polar surface area (TPSA) is 121 Å². The van der Waals surface area contributed by atoms with Crippen LogP contribution in [-0.2, 0) is 20.9 Å². The molecule has 0 heterocycles. The van der Waals surface area contributed by atoms with Gasteiger partial charge in [-0.3, -0.25) is 4.79 Å². The monoisotopic (exact) mass is 498 g/mol. The Morgan fingerprint density at radius 2 is 1.78 bits per heavy atom. The molecule has 0 aromatic heterocycles. The summed E-state index contributed by atoms with van der Waals surface area (Å²) < 4.78 is 23.6. The number of anilines is 1. The number of hydrogen-bond acceptors (Lipinski definition) is 6. The van der Waals surface area contributed by atoms with Gasteiger partial charge in [0, 0.05) is 18.8 Å². The highest BCUT2D eigenvalue weighted by Crippen LogP contribution is 2.20. The van der Waals surface area contributed by atoms with Crippen molar-refractivity contribution >= 4 is 23.6 Å². The first kappa shape index (κ1) is 28.1. The predicted octanol–water partition coefficient (Wildman–Crippen LogP) is 3.68. The van der Waals surface area contributed by atoms with Crippen LogP contribution in [0.3, 0.4) is 0 Å². The minimum atomic E-state index is -0.950. The lowest BCUT2D eigenvalue weighted by atomic mass is 10.2. The lowest BCUT2D eigenvalue weighted by Gasteiger charge is -2.23. The van der Waals surface area contributed by atoms with E-state index < -0.39 is 30.6 Å². The van der Waals surface area contributed by atoms with Gasteiger partial charge in [0.05, 0.1) is 19.1 Å². The molecule has 2 rings (SSSR count). The maximum Gasteiger partial charge on any atom is 0.329 e. The summed E-state index contributed by atoms with van der Waals surface area (Å²) in [6.07, 6.45) is 1.00. The number of amides is 3. The number of halogens is 1. The summed E-state index contributed by atoms with van der Waals surface area (Å²) in [5, 5.41) is 14.1. The van der Waals surface area contributed by atoms with Gasteiger partial charge in [-0.1, -0.05) is 25.5 Å². The van der Waals surface area contributed by atoms with Crippen molar-refractivity contribution < 1.29 is 28.2 Å². The minimum Gasteiger partial charge on any atom is -0.494 e. The maximum atomic E-state index is 13.0. The Balaban J connectivity index is 1.94. The Morgan fingerprint density at radius 1 is 1.08 bits per heavy atom. The highest BCUT2D eigenvalue weighted by molar-refractivity contribution is 5.95. The molecule has 2 N–H and O–H groups in total. The van der Waals surface area contributed by atoms with Crippen LogP contribution in [0.15, 0.2) is 48.5 Å². The molecule has 2 aromatic rings. The van der Waals surface area contributed by atoms with Crippen LogP contribution >= 0.6 is 0 Å². The van der Waals surface area contributed by atoms with Crippen LogP contribution in [0.25, 0.3) is 0 Å². The van der Waals surface area contributed by atoms with Gasteiger partial charge in [0.1, 0.15) is 17.6 Å². The van der Waals surface area contributed by atoms with Gasteiger partial charge in [0.25, 0.3) is 5.91 Å². The summed E-state index contributed by atoms with van der Waals surface area (Å²) >= 11 is 0. The van der Waals surface area contributed by atoms with Crippen molar-refractivity contribution in [1.29, 1.82) is 5.26 Å². The van der Waals surface area contributed by atoms with E-state index in [9.17, 15) is 18.8 Å². The fraction of sp³-hybridized carbons (Fsp3) is 0.385. The first-order chi connectivity index (χ1) is 17.4. The van der Waals surface area contributed by atoms with Crippen molar-refractivity contribution in [3.05, 3.63) is 59.9 Å². The maximum absolute atomic E-state index is 13.0. The fourth-order valence-corrected chi connectivity index (χ4v) is 3.29. The molecule has 0 bridgehead atoms. The molecule has 0 aliphatic heterocycles. The molecule has 1 atom stereocenters. The molecule has 36 heavy (non-hydrogen) atoms. The molecule has 192 valence electrons. The molecule has 0 saturated heterocycles.